The van der Waals surface area contributed by atoms with Crippen molar-refractivity contribution >= 4 is 40.0 Å². The number of nitriles is 2. The van der Waals surface area contributed by atoms with E-state index < -0.39 is 0 Å². The Morgan fingerprint density at radius 2 is 1.42 bits per heavy atom. The molecule has 4 aromatic rings. The second-order valence-corrected chi connectivity index (χ2v) is 9.08. The first-order valence-electron chi connectivity index (χ1n) is 10.8. The van der Waals surface area contributed by atoms with Crippen LogP contribution in [-0.2, 0) is 0 Å². The summed E-state index contributed by atoms with van der Waals surface area (Å²) in [7, 11) is 0. The van der Waals surface area contributed by atoms with Crippen LogP contribution in [-0.4, -0.2) is 9.97 Å². The molecule has 3 aromatic carbocycles. The first-order chi connectivity index (χ1) is 17.7. The third kappa shape index (κ3) is 4.09. The number of nitrogens with one attached hydrogen (secondary N) is 1. The summed E-state index contributed by atoms with van der Waals surface area (Å²) in [4.78, 5) is 9.21. The summed E-state index contributed by atoms with van der Waals surface area (Å²) in [5, 5.41) is 28.4. The predicted octanol–water partition coefficient (Wildman–Crippen LogP) is 7.50. The van der Waals surface area contributed by atoms with Crippen molar-refractivity contribution in [3.63, 3.8) is 0 Å². The number of fused-ring (bicyclic) bond motifs is 4. The molecule has 0 fully saturated rings. The Labute approximate surface area is 216 Å². The van der Waals surface area contributed by atoms with E-state index in [0.29, 0.717) is 15.8 Å². The van der Waals surface area contributed by atoms with E-state index in [4.69, 9.17) is 15.3 Å². The van der Waals surface area contributed by atoms with E-state index in [2.05, 4.69) is 40.6 Å². The Morgan fingerprint density at radius 1 is 0.806 bits per heavy atom. The molecule has 0 saturated heterocycles. The first-order valence-corrected chi connectivity index (χ1v) is 12.4. The number of aromatic nitrogens is 2. The van der Waals surface area contributed by atoms with Gasteiger partial charge in [0, 0.05) is 40.0 Å². The van der Waals surface area contributed by atoms with E-state index in [9.17, 15) is 0 Å². The number of para-hydroxylation sites is 2. The van der Waals surface area contributed by atoms with Gasteiger partial charge in [-0.2, -0.15) is 10.5 Å². The third-order valence-electron chi connectivity index (χ3n) is 5.56. The number of rotatable bonds is 4. The van der Waals surface area contributed by atoms with Crippen molar-refractivity contribution in [1.82, 2.24) is 9.97 Å². The van der Waals surface area contributed by atoms with Crippen LogP contribution < -0.4 is 10.1 Å². The minimum Gasteiger partial charge on any atom is -0.453 e. The van der Waals surface area contributed by atoms with E-state index in [1.165, 1.54) is 0 Å². The molecule has 0 amide bonds. The summed E-state index contributed by atoms with van der Waals surface area (Å²) < 4.78 is 5.61. The molecule has 1 aliphatic carbocycles. The molecule has 0 atom stereocenters. The quantitative estimate of drug-likeness (QED) is 0.199. The summed E-state index contributed by atoms with van der Waals surface area (Å²) in [6.45, 7) is 7.39. The fraction of sp³-hybridized carbons (Fsp3) is 0. The highest BCUT2D eigenvalue weighted by Gasteiger charge is 2.26. The second kappa shape index (κ2) is 10.0. The van der Waals surface area contributed by atoms with E-state index in [1.54, 1.807) is 12.2 Å². The van der Waals surface area contributed by atoms with Crippen molar-refractivity contribution in [1.29, 1.82) is 10.5 Å². The van der Waals surface area contributed by atoms with Crippen LogP contribution >= 0.6 is 23.5 Å². The van der Waals surface area contributed by atoms with Crippen LogP contribution in [0.2, 0.25) is 0 Å². The lowest BCUT2D eigenvalue weighted by atomic mass is 10.0. The summed E-state index contributed by atoms with van der Waals surface area (Å²) in [6.07, 6.45) is 3.38. The average Bonchev–Trinajstić information content (AvgIpc) is 3.23. The molecule has 0 radical (unpaired) electrons. The van der Waals surface area contributed by atoms with Gasteiger partial charge in [-0.05, 0) is 29.7 Å². The van der Waals surface area contributed by atoms with E-state index in [-0.39, 0.29) is 0 Å². The molecular weight excluding hydrogens is 486 g/mol. The van der Waals surface area contributed by atoms with E-state index >= 15 is 0 Å². The van der Waals surface area contributed by atoms with Gasteiger partial charge in [-0.3, -0.25) is 0 Å². The second-order valence-electron chi connectivity index (χ2n) is 7.54. The number of allylic oxidation sites excluding steroid dienone is 2. The van der Waals surface area contributed by atoms with Gasteiger partial charge in [0.05, 0.1) is 22.8 Å². The van der Waals surface area contributed by atoms with Gasteiger partial charge in [-0.15, -0.1) is 0 Å². The molecule has 1 N–H and O–H groups in total. The fourth-order valence-electron chi connectivity index (χ4n) is 4.08. The van der Waals surface area contributed by atoms with Gasteiger partial charge in [0.15, 0.2) is 5.75 Å². The number of thioether (sulfide) groups is 2. The van der Waals surface area contributed by atoms with Crippen LogP contribution in [0.15, 0.2) is 107 Å². The lowest BCUT2D eigenvalue weighted by Gasteiger charge is -2.21. The lowest BCUT2D eigenvalue weighted by Crippen LogP contribution is -2.11. The number of thiocyanates is 2. The molecule has 6 nitrogen and oxygen atoms in total. The number of anilines is 1. The Balaban J connectivity index is 0.000000165. The Bertz CT molecular complexity index is 1550. The maximum absolute atomic E-state index is 8.94. The molecule has 172 valence electrons. The molecule has 6 rings (SSSR count). The van der Waals surface area contributed by atoms with Crippen molar-refractivity contribution in [3.8, 4) is 39.1 Å². The highest BCUT2D eigenvalue weighted by atomic mass is 32.2. The fourth-order valence-corrected chi connectivity index (χ4v) is 5.04. The van der Waals surface area contributed by atoms with Gasteiger partial charge in [0.25, 0.3) is 0 Å². The van der Waals surface area contributed by atoms with Crippen molar-refractivity contribution in [2.24, 2.45) is 0 Å². The molecule has 0 saturated carbocycles. The first kappa shape index (κ1) is 23.3. The predicted molar refractivity (Wildman–Crippen MR) is 145 cm³/mol. The molecule has 2 heterocycles. The topological polar surface area (TPSA) is 94.6 Å². The summed E-state index contributed by atoms with van der Waals surface area (Å²) >= 11 is 1.87. The van der Waals surface area contributed by atoms with Gasteiger partial charge >= 0.3 is 0 Å². The largest absolute Gasteiger partial charge is 0.453 e. The molecular formula is C28H17N5OS2. The van der Waals surface area contributed by atoms with Crippen molar-refractivity contribution < 1.29 is 4.74 Å². The van der Waals surface area contributed by atoms with Gasteiger partial charge < -0.3 is 10.1 Å². The van der Waals surface area contributed by atoms with Crippen LogP contribution in [0.5, 0.6) is 5.75 Å². The van der Waals surface area contributed by atoms with Gasteiger partial charge in [-0.1, -0.05) is 61.7 Å². The number of hydrogen-bond donors (Lipinski definition) is 1. The zero-order chi connectivity index (χ0) is 25.1. The van der Waals surface area contributed by atoms with Crippen molar-refractivity contribution in [3.05, 3.63) is 97.4 Å². The highest BCUT2D eigenvalue weighted by Crippen LogP contribution is 2.46. The smallest absolute Gasteiger partial charge is 0.150 e. The summed E-state index contributed by atoms with van der Waals surface area (Å²) in [6, 6.07) is 19.9. The minimum atomic E-state index is 0.484. The van der Waals surface area contributed by atoms with Crippen LogP contribution in [0.1, 0.15) is 0 Å². The molecule has 8 heteroatoms. The molecule has 0 spiro atoms. The van der Waals surface area contributed by atoms with E-state index in [0.717, 1.165) is 73.9 Å². The number of ether oxygens (including phenoxy) is 1. The zero-order valence-corrected chi connectivity index (χ0v) is 20.5. The molecule has 0 bridgehead atoms. The SMILES string of the molecule is C=CC1=C(C=C)Oc2ccccc2N1.N#CSc1nc2c(nc1SC#N)-c1cccc3cccc-2c13. The normalized spacial score (nSPS) is 12.1. The minimum absolute atomic E-state index is 0.484. The molecule has 36 heavy (non-hydrogen) atoms. The summed E-state index contributed by atoms with van der Waals surface area (Å²) in [5.74, 6) is 1.52. The van der Waals surface area contributed by atoms with Crippen LogP contribution in [0.25, 0.3) is 33.3 Å². The number of benzene rings is 3. The molecule has 1 aliphatic heterocycles. The number of hydrogen-bond acceptors (Lipinski definition) is 8. The zero-order valence-electron chi connectivity index (χ0n) is 18.9. The van der Waals surface area contributed by atoms with Gasteiger partial charge in [0.1, 0.15) is 26.6 Å². The van der Waals surface area contributed by atoms with Crippen LogP contribution in [0.3, 0.4) is 0 Å². The standard InChI is InChI=1S/C16H6N4S2.C12H11NO/c17-7-21-15-16(22-8-18)20-14-11-6-2-4-9-3-1-5-10(12(9)11)13(14)19-15;1-3-9-11(4-2)14-12-8-6-5-7-10(12)13-9/h1-6H;3-8,13H,1-2H2. The van der Waals surface area contributed by atoms with Crippen LogP contribution in [0, 0.1) is 21.3 Å². The summed E-state index contributed by atoms with van der Waals surface area (Å²) in [5.41, 5.74) is 5.43. The highest BCUT2D eigenvalue weighted by molar-refractivity contribution is 8.06. The Hall–Kier alpha value is -4.50. The number of nitrogens with zero attached hydrogens (tertiary/aromatic N) is 4. The maximum Gasteiger partial charge on any atom is 0.150 e. The molecule has 1 aromatic heterocycles. The van der Waals surface area contributed by atoms with Crippen molar-refractivity contribution in [2.45, 2.75) is 10.1 Å². The lowest BCUT2D eigenvalue weighted by molar-refractivity contribution is 0.436. The Morgan fingerprint density at radius 3 is 1.97 bits per heavy atom. The Kier molecular flexibility index (Phi) is 6.46. The molecule has 0 unspecified atom stereocenters. The van der Waals surface area contributed by atoms with Crippen molar-refractivity contribution in [2.75, 3.05) is 5.32 Å². The third-order valence-corrected chi connectivity index (χ3v) is 6.83. The maximum atomic E-state index is 8.94. The van der Waals surface area contributed by atoms with E-state index in [1.807, 2.05) is 59.3 Å². The van der Waals surface area contributed by atoms with Gasteiger partial charge in [0.2, 0.25) is 0 Å². The molecule has 2 aliphatic rings. The van der Waals surface area contributed by atoms with Crippen LogP contribution in [0.4, 0.5) is 5.69 Å². The monoisotopic (exact) mass is 503 g/mol. The van der Waals surface area contributed by atoms with Gasteiger partial charge in [-0.25, -0.2) is 9.97 Å². The average molecular weight is 504 g/mol.